The molecule has 0 aliphatic rings. The fourth-order valence-electron chi connectivity index (χ4n) is 1.98. The first kappa shape index (κ1) is 13.4. The fourth-order valence-corrected chi connectivity index (χ4v) is 2.33. The van der Waals surface area contributed by atoms with Gasteiger partial charge in [0.15, 0.2) is 0 Å². The van der Waals surface area contributed by atoms with Crippen LogP contribution >= 0.6 is 11.8 Å². The molecule has 2 aromatic rings. The van der Waals surface area contributed by atoms with Crippen LogP contribution in [0.3, 0.4) is 0 Å². The van der Waals surface area contributed by atoms with Crippen molar-refractivity contribution in [1.82, 2.24) is 15.1 Å². The normalized spacial score (nSPS) is 11.6. The monoisotopic (exact) mass is 263 g/mol. The summed E-state index contributed by atoms with van der Waals surface area (Å²) in [7, 11) is 0. The maximum Gasteiger partial charge on any atom is 0.0841 e. The molecular formula is C14H21N3S. The standard InChI is InChI=1S/C14H21N3S/c1-11(2)15-10-13-12-6-4-5-7-14(12)17(16-13)8-9-18-3/h4-7,11,15H,8-10H2,1-3H3. The van der Waals surface area contributed by atoms with E-state index in [0.717, 1.165) is 24.5 Å². The molecule has 0 fully saturated rings. The molecule has 0 amide bonds. The summed E-state index contributed by atoms with van der Waals surface area (Å²) < 4.78 is 2.13. The molecule has 0 radical (unpaired) electrons. The van der Waals surface area contributed by atoms with Gasteiger partial charge in [0.1, 0.15) is 0 Å². The van der Waals surface area contributed by atoms with Crippen molar-refractivity contribution in [3.05, 3.63) is 30.0 Å². The zero-order valence-corrected chi connectivity index (χ0v) is 12.1. The Labute approximate surface area is 113 Å². The summed E-state index contributed by atoms with van der Waals surface area (Å²) in [5, 5.41) is 9.45. The number of fused-ring (bicyclic) bond motifs is 1. The summed E-state index contributed by atoms with van der Waals surface area (Å²) in [6.45, 7) is 6.13. The van der Waals surface area contributed by atoms with E-state index in [9.17, 15) is 0 Å². The molecule has 2 rings (SSSR count). The Kier molecular flexibility index (Phi) is 4.66. The Morgan fingerprint density at radius 1 is 1.33 bits per heavy atom. The number of aromatic nitrogens is 2. The fraction of sp³-hybridized carbons (Fsp3) is 0.500. The van der Waals surface area contributed by atoms with E-state index in [0.29, 0.717) is 6.04 Å². The van der Waals surface area contributed by atoms with Crippen molar-refractivity contribution < 1.29 is 0 Å². The summed E-state index contributed by atoms with van der Waals surface area (Å²) in [6.07, 6.45) is 2.13. The van der Waals surface area contributed by atoms with Gasteiger partial charge in [0.05, 0.1) is 17.8 Å². The van der Waals surface area contributed by atoms with Gasteiger partial charge in [0.25, 0.3) is 0 Å². The largest absolute Gasteiger partial charge is 0.309 e. The number of para-hydroxylation sites is 1. The third-order valence-electron chi connectivity index (χ3n) is 2.92. The Bertz CT molecular complexity index is 505. The highest BCUT2D eigenvalue weighted by Crippen LogP contribution is 2.18. The van der Waals surface area contributed by atoms with Gasteiger partial charge < -0.3 is 5.32 Å². The minimum absolute atomic E-state index is 0.486. The van der Waals surface area contributed by atoms with Crippen LogP contribution in [0.5, 0.6) is 0 Å². The van der Waals surface area contributed by atoms with E-state index in [1.54, 1.807) is 0 Å². The molecule has 1 aromatic carbocycles. The first-order chi connectivity index (χ1) is 8.72. The Hall–Kier alpha value is -1.00. The number of nitrogens with zero attached hydrogens (tertiary/aromatic N) is 2. The zero-order chi connectivity index (χ0) is 13.0. The van der Waals surface area contributed by atoms with Crippen LogP contribution < -0.4 is 5.32 Å². The topological polar surface area (TPSA) is 29.9 Å². The minimum atomic E-state index is 0.486. The summed E-state index contributed by atoms with van der Waals surface area (Å²) in [5.74, 6) is 1.10. The molecule has 4 heteroatoms. The maximum atomic E-state index is 4.74. The third kappa shape index (κ3) is 3.06. The SMILES string of the molecule is CSCCn1nc(CNC(C)C)c2ccccc21. The average molecular weight is 263 g/mol. The number of aryl methyl sites for hydroxylation is 1. The smallest absolute Gasteiger partial charge is 0.0841 e. The van der Waals surface area contributed by atoms with Gasteiger partial charge in [-0.2, -0.15) is 16.9 Å². The second-order valence-corrected chi connectivity index (χ2v) is 5.70. The van der Waals surface area contributed by atoms with Crippen molar-refractivity contribution in [2.45, 2.75) is 33.0 Å². The van der Waals surface area contributed by atoms with Gasteiger partial charge in [-0.05, 0) is 12.3 Å². The first-order valence-corrected chi connectivity index (χ1v) is 7.78. The predicted molar refractivity (Wildman–Crippen MR) is 80.1 cm³/mol. The van der Waals surface area contributed by atoms with Gasteiger partial charge in [-0.3, -0.25) is 4.68 Å². The molecular weight excluding hydrogens is 242 g/mol. The van der Waals surface area contributed by atoms with Crippen molar-refractivity contribution in [2.75, 3.05) is 12.0 Å². The molecule has 18 heavy (non-hydrogen) atoms. The van der Waals surface area contributed by atoms with E-state index in [1.807, 2.05) is 11.8 Å². The minimum Gasteiger partial charge on any atom is -0.309 e. The average Bonchev–Trinajstić information content (AvgIpc) is 2.72. The summed E-state index contributed by atoms with van der Waals surface area (Å²) in [4.78, 5) is 0. The van der Waals surface area contributed by atoms with Crippen molar-refractivity contribution in [2.24, 2.45) is 0 Å². The zero-order valence-electron chi connectivity index (χ0n) is 11.3. The molecule has 0 atom stereocenters. The van der Waals surface area contributed by atoms with Gasteiger partial charge in [0, 0.05) is 23.7 Å². The van der Waals surface area contributed by atoms with Crippen LogP contribution in [0.4, 0.5) is 0 Å². The molecule has 0 aliphatic carbocycles. The second kappa shape index (κ2) is 6.25. The van der Waals surface area contributed by atoms with Crippen molar-refractivity contribution in [1.29, 1.82) is 0 Å². The highest BCUT2D eigenvalue weighted by atomic mass is 32.2. The van der Waals surface area contributed by atoms with E-state index in [4.69, 9.17) is 5.10 Å². The lowest BCUT2D eigenvalue weighted by Crippen LogP contribution is -2.22. The van der Waals surface area contributed by atoms with E-state index >= 15 is 0 Å². The Morgan fingerprint density at radius 3 is 2.83 bits per heavy atom. The molecule has 3 nitrogen and oxygen atoms in total. The van der Waals surface area contributed by atoms with Gasteiger partial charge in [-0.1, -0.05) is 32.0 Å². The lowest BCUT2D eigenvalue weighted by atomic mass is 10.2. The molecule has 0 bridgehead atoms. The number of nitrogens with one attached hydrogen (secondary N) is 1. The lowest BCUT2D eigenvalue weighted by molar-refractivity contribution is 0.571. The van der Waals surface area contributed by atoms with Crippen LogP contribution in [-0.4, -0.2) is 27.8 Å². The van der Waals surface area contributed by atoms with Gasteiger partial charge in [-0.25, -0.2) is 0 Å². The lowest BCUT2D eigenvalue weighted by Gasteiger charge is -2.05. The van der Waals surface area contributed by atoms with E-state index in [-0.39, 0.29) is 0 Å². The van der Waals surface area contributed by atoms with Crippen molar-refractivity contribution >= 4 is 22.7 Å². The quantitative estimate of drug-likeness (QED) is 0.869. The number of benzene rings is 1. The molecule has 0 saturated carbocycles. The van der Waals surface area contributed by atoms with Gasteiger partial charge in [0.2, 0.25) is 0 Å². The van der Waals surface area contributed by atoms with E-state index in [1.165, 1.54) is 10.9 Å². The first-order valence-electron chi connectivity index (χ1n) is 6.39. The van der Waals surface area contributed by atoms with E-state index in [2.05, 4.69) is 54.4 Å². The third-order valence-corrected chi connectivity index (χ3v) is 3.51. The molecule has 0 unspecified atom stereocenters. The summed E-state index contributed by atoms with van der Waals surface area (Å²) in [5.41, 5.74) is 2.40. The van der Waals surface area contributed by atoms with E-state index < -0.39 is 0 Å². The van der Waals surface area contributed by atoms with Gasteiger partial charge in [-0.15, -0.1) is 0 Å². The van der Waals surface area contributed by atoms with Crippen LogP contribution in [0.1, 0.15) is 19.5 Å². The highest BCUT2D eigenvalue weighted by molar-refractivity contribution is 7.98. The van der Waals surface area contributed by atoms with Crippen LogP contribution in [0.2, 0.25) is 0 Å². The molecule has 98 valence electrons. The predicted octanol–water partition coefficient (Wildman–Crippen LogP) is 2.90. The molecule has 0 saturated heterocycles. The van der Waals surface area contributed by atoms with Crippen molar-refractivity contribution in [3.63, 3.8) is 0 Å². The molecule has 1 aromatic heterocycles. The molecule has 0 aliphatic heterocycles. The molecule has 1 N–H and O–H groups in total. The number of hydrogen-bond donors (Lipinski definition) is 1. The molecule has 1 heterocycles. The second-order valence-electron chi connectivity index (χ2n) is 4.72. The van der Waals surface area contributed by atoms with Crippen LogP contribution in [-0.2, 0) is 13.1 Å². The maximum absolute atomic E-state index is 4.74. The van der Waals surface area contributed by atoms with Crippen LogP contribution in [0.25, 0.3) is 10.9 Å². The number of thioether (sulfide) groups is 1. The Balaban J connectivity index is 2.28. The van der Waals surface area contributed by atoms with Crippen LogP contribution in [0, 0.1) is 0 Å². The Morgan fingerprint density at radius 2 is 2.11 bits per heavy atom. The summed E-state index contributed by atoms with van der Waals surface area (Å²) in [6, 6.07) is 8.97. The number of rotatable bonds is 6. The van der Waals surface area contributed by atoms with Crippen molar-refractivity contribution in [3.8, 4) is 0 Å². The van der Waals surface area contributed by atoms with Crippen LogP contribution in [0.15, 0.2) is 24.3 Å². The van der Waals surface area contributed by atoms with Gasteiger partial charge >= 0.3 is 0 Å². The summed E-state index contributed by atoms with van der Waals surface area (Å²) >= 11 is 1.86. The molecule has 0 spiro atoms. The number of hydrogen-bond acceptors (Lipinski definition) is 3. The highest BCUT2D eigenvalue weighted by Gasteiger charge is 2.09.